The van der Waals surface area contributed by atoms with Crippen molar-refractivity contribution in [2.24, 2.45) is 0 Å². The van der Waals surface area contributed by atoms with E-state index in [1.54, 1.807) is 4.90 Å². The highest BCUT2D eigenvalue weighted by Gasteiger charge is 2.36. The number of nitrogens with zero attached hydrogens (tertiary/aromatic N) is 1. The SMILES string of the molecule is CC(C)(C)OC(=O)N1CCCC(O)(CCc2ccccc2)C1. The predicted octanol–water partition coefficient (Wildman–Crippen LogP) is 3.38. The second kappa shape index (κ2) is 6.69. The van der Waals surface area contributed by atoms with E-state index in [1.165, 1.54) is 5.56 Å². The monoisotopic (exact) mass is 305 g/mol. The summed E-state index contributed by atoms with van der Waals surface area (Å²) < 4.78 is 5.41. The number of benzene rings is 1. The maximum absolute atomic E-state index is 12.2. The quantitative estimate of drug-likeness (QED) is 0.931. The van der Waals surface area contributed by atoms with Crippen LogP contribution in [-0.2, 0) is 11.2 Å². The van der Waals surface area contributed by atoms with Crippen LogP contribution >= 0.6 is 0 Å². The first-order chi connectivity index (χ1) is 10.3. The molecule has 1 unspecified atom stereocenters. The maximum atomic E-state index is 12.2. The number of ether oxygens (including phenoxy) is 1. The van der Waals surface area contributed by atoms with Gasteiger partial charge in [-0.3, -0.25) is 0 Å². The molecule has 1 aliphatic rings. The van der Waals surface area contributed by atoms with Crippen LogP contribution in [0.4, 0.5) is 4.79 Å². The van der Waals surface area contributed by atoms with E-state index >= 15 is 0 Å². The molecule has 1 aliphatic heterocycles. The van der Waals surface area contributed by atoms with Crippen molar-refractivity contribution in [2.45, 2.75) is 57.7 Å². The molecule has 0 spiro atoms. The van der Waals surface area contributed by atoms with Gasteiger partial charge in [0.15, 0.2) is 0 Å². The van der Waals surface area contributed by atoms with Crippen molar-refractivity contribution in [2.75, 3.05) is 13.1 Å². The number of likely N-dealkylation sites (tertiary alicyclic amines) is 1. The van der Waals surface area contributed by atoms with E-state index in [4.69, 9.17) is 4.74 Å². The Morgan fingerprint density at radius 2 is 2.00 bits per heavy atom. The molecule has 1 heterocycles. The Morgan fingerprint density at radius 3 is 2.64 bits per heavy atom. The number of hydrogen-bond acceptors (Lipinski definition) is 3. The van der Waals surface area contributed by atoms with Gasteiger partial charge in [-0.2, -0.15) is 0 Å². The molecule has 0 aliphatic carbocycles. The molecule has 1 aromatic carbocycles. The zero-order valence-corrected chi connectivity index (χ0v) is 13.8. The molecule has 4 heteroatoms. The summed E-state index contributed by atoms with van der Waals surface area (Å²) in [6.07, 6.45) is 2.70. The number of rotatable bonds is 3. The van der Waals surface area contributed by atoms with Crippen LogP contribution in [-0.4, -0.2) is 40.4 Å². The van der Waals surface area contributed by atoms with Gasteiger partial charge in [-0.15, -0.1) is 0 Å². The molecule has 0 bridgehead atoms. The van der Waals surface area contributed by atoms with Gasteiger partial charge in [0.1, 0.15) is 5.60 Å². The first-order valence-electron chi connectivity index (χ1n) is 8.02. The first-order valence-corrected chi connectivity index (χ1v) is 8.02. The lowest BCUT2D eigenvalue weighted by Gasteiger charge is -2.39. The number of aliphatic hydroxyl groups is 1. The fraction of sp³-hybridized carbons (Fsp3) is 0.611. The van der Waals surface area contributed by atoms with E-state index in [-0.39, 0.29) is 6.09 Å². The van der Waals surface area contributed by atoms with Crippen LogP contribution < -0.4 is 0 Å². The predicted molar refractivity (Wildman–Crippen MR) is 86.8 cm³/mol. The highest BCUT2D eigenvalue weighted by atomic mass is 16.6. The topological polar surface area (TPSA) is 49.8 Å². The molecular formula is C18H27NO3. The van der Waals surface area contributed by atoms with Gasteiger partial charge in [0.05, 0.1) is 12.1 Å². The maximum Gasteiger partial charge on any atom is 0.410 e. The summed E-state index contributed by atoms with van der Waals surface area (Å²) in [4.78, 5) is 13.8. The van der Waals surface area contributed by atoms with Gasteiger partial charge in [-0.1, -0.05) is 30.3 Å². The Morgan fingerprint density at radius 1 is 1.32 bits per heavy atom. The summed E-state index contributed by atoms with van der Waals surface area (Å²) in [6, 6.07) is 10.1. The van der Waals surface area contributed by atoms with Crippen LogP contribution in [0, 0.1) is 0 Å². The first kappa shape index (κ1) is 16.8. The lowest BCUT2D eigenvalue weighted by atomic mass is 9.87. The van der Waals surface area contributed by atoms with Crippen molar-refractivity contribution in [3.8, 4) is 0 Å². The average Bonchev–Trinajstić information content (AvgIpc) is 2.45. The number of β-amino-alcohol motifs (C(OH)–C–C–N with tert-alkyl or cyclic N) is 1. The summed E-state index contributed by atoms with van der Waals surface area (Å²) in [7, 11) is 0. The van der Waals surface area contributed by atoms with E-state index in [0.717, 1.165) is 19.3 Å². The molecule has 1 atom stereocenters. The third-order valence-corrected chi connectivity index (χ3v) is 3.93. The summed E-state index contributed by atoms with van der Waals surface area (Å²) in [6.45, 7) is 6.58. The molecule has 2 rings (SSSR count). The number of hydrogen-bond donors (Lipinski definition) is 1. The van der Waals surface area contributed by atoms with Gasteiger partial charge in [0.25, 0.3) is 0 Å². The van der Waals surface area contributed by atoms with E-state index in [0.29, 0.717) is 19.5 Å². The summed E-state index contributed by atoms with van der Waals surface area (Å²) in [5.41, 5.74) is -0.105. The molecule has 0 aromatic heterocycles. The molecule has 0 radical (unpaired) electrons. The standard InChI is InChI=1S/C18H27NO3/c1-17(2,3)22-16(20)19-13-7-11-18(21,14-19)12-10-15-8-5-4-6-9-15/h4-6,8-9,21H,7,10-14H2,1-3H3. The van der Waals surface area contributed by atoms with Gasteiger partial charge in [-0.05, 0) is 52.0 Å². The van der Waals surface area contributed by atoms with Crippen molar-refractivity contribution >= 4 is 6.09 Å². The Kier molecular flexibility index (Phi) is 5.12. The average molecular weight is 305 g/mol. The Balaban J connectivity index is 1.92. The lowest BCUT2D eigenvalue weighted by Crippen LogP contribution is -2.51. The van der Waals surface area contributed by atoms with Crippen LogP contribution in [0.2, 0.25) is 0 Å². The number of carbonyl (C=O) groups excluding carboxylic acids is 1. The van der Waals surface area contributed by atoms with Crippen LogP contribution in [0.25, 0.3) is 0 Å². The largest absolute Gasteiger partial charge is 0.444 e. The smallest absolute Gasteiger partial charge is 0.410 e. The van der Waals surface area contributed by atoms with Crippen molar-refractivity contribution < 1.29 is 14.6 Å². The molecule has 4 nitrogen and oxygen atoms in total. The molecule has 0 saturated carbocycles. The number of amides is 1. The molecule has 1 N–H and O–H groups in total. The molecule has 1 saturated heterocycles. The fourth-order valence-electron chi connectivity index (χ4n) is 2.82. The minimum Gasteiger partial charge on any atom is -0.444 e. The highest BCUT2D eigenvalue weighted by Crippen LogP contribution is 2.27. The Hall–Kier alpha value is -1.55. The fourth-order valence-corrected chi connectivity index (χ4v) is 2.82. The van der Waals surface area contributed by atoms with Crippen LogP contribution in [0.3, 0.4) is 0 Å². The van der Waals surface area contributed by atoms with Crippen molar-refractivity contribution in [1.29, 1.82) is 0 Å². The second-order valence-electron chi connectivity index (χ2n) is 7.22. The molecule has 22 heavy (non-hydrogen) atoms. The minimum atomic E-state index is -0.814. The van der Waals surface area contributed by atoms with Crippen LogP contribution in [0.1, 0.15) is 45.6 Å². The Labute approximate surface area is 133 Å². The summed E-state index contributed by atoms with van der Waals surface area (Å²) >= 11 is 0. The van der Waals surface area contributed by atoms with E-state index in [1.807, 2.05) is 39.0 Å². The second-order valence-corrected chi connectivity index (χ2v) is 7.22. The summed E-state index contributed by atoms with van der Waals surface area (Å²) in [5.74, 6) is 0. The van der Waals surface area contributed by atoms with E-state index < -0.39 is 11.2 Å². The van der Waals surface area contributed by atoms with Gasteiger partial charge >= 0.3 is 6.09 Å². The number of carbonyl (C=O) groups is 1. The molecule has 1 aromatic rings. The third-order valence-electron chi connectivity index (χ3n) is 3.93. The zero-order chi connectivity index (χ0) is 16.2. The molecule has 122 valence electrons. The van der Waals surface area contributed by atoms with E-state index in [9.17, 15) is 9.90 Å². The van der Waals surface area contributed by atoms with Gasteiger partial charge in [0.2, 0.25) is 0 Å². The van der Waals surface area contributed by atoms with Crippen molar-refractivity contribution in [3.05, 3.63) is 35.9 Å². The zero-order valence-electron chi connectivity index (χ0n) is 13.8. The van der Waals surface area contributed by atoms with E-state index in [2.05, 4.69) is 12.1 Å². The van der Waals surface area contributed by atoms with Gasteiger partial charge in [0, 0.05) is 6.54 Å². The number of aryl methyl sites for hydroxylation is 1. The van der Waals surface area contributed by atoms with Crippen molar-refractivity contribution in [3.63, 3.8) is 0 Å². The third kappa shape index (κ3) is 5.02. The van der Waals surface area contributed by atoms with Gasteiger partial charge in [-0.25, -0.2) is 4.79 Å². The minimum absolute atomic E-state index is 0.328. The highest BCUT2D eigenvalue weighted by molar-refractivity contribution is 5.68. The van der Waals surface area contributed by atoms with Crippen LogP contribution in [0.5, 0.6) is 0 Å². The normalized spacial score (nSPS) is 22.5. The molecular weight excluding hydrogens is 278 g/mol. The lowest BCUT2D eigenvalue weighted by molar-refractivity contribution is -0.0470. The molecule has 1 amide bonds. The van der Waals surface area contributed by atoms with Crippen LogP contribution in [0.15, 0.2) is 30.3 Å². The number of piperidine rings is 1. The summed E-state index contributed by atoms with van der Waals surface area (Å²) in [5, 5.41) is 10.8. The van der Waals surface area contributed by atoms with Gasteiger partial charge < -0.3 is 14.7 Å². The molecule has 1 fully saturated rings. The Bertz CT molecular complexity index is 495. The van der Waals surface area contributed by atoms with Crippen molar-refractivity contribution in [1.82, 2.24) is 4.90 Å².